The second-order valence-corrected chi connectivity index (χ2v) is 20.2. The SMILES string of the molecule is CCCCc1ccc(-c2ccc(C(=O)C[C@@H](CCCCN)C(=O)N[C@@H](CCCCN)C(=O)C[C@@H](C)C(=O)N[C@H](CC[C@@H](C)B3OC4C[C@@H]5C[C@@H](C5(C)C)[C@]4(C)O3)CC(N)=O)cc2)cc1. The van der Waals surface area contributed by atoms with E-state index in [0.717, 1.165) is 36.8 Å². The molecule has 0 radical (unpaired) electrons. The summed E-state index contributed by atoms with van der Waals surface area (Å²) in [6.45, 7) is 13.7. The minimum atomic E-state index is -0.857. The second-order valence-electron chi connectivity index (χ2n) is 20.2. The molecule has 64 heavy (non-hydrogen) atoms. The molecule has 3 aliphatic carbocycles. The maximum Gasteiger partial charge on any atom is 0.460 e. The van der Waals surface area contributed by atoms with Gasteiger partial charge in [-0.25, -0.2) is 0 Å². The van der Waals surface area contributed by atoms with Crippen LogP contribution in [-0.4, -0.2) is 73.3 Å². The Morgan fingerprint density at radius 1 is 0.766 bits per heavy atom. The van der Waals surface area contributed by atoms with E-state index in [0.29, 0.717) is 81.9 Å². The number of nitrogens with one attached hydrogen (secondary N) is 2. The van der Waals surface area contributed by atoms with Gasteiger partial charge in [0.1, 0.15) is 0 Å². The third-order valence-corrected chi connectivity index (χ3v) is 14.9. The first-order valence-corrected chi connectivity index (χ1v) is 24.4. The standard InChI is InChI=1S/C51H78BN5O7/c1-7-8-13-35-17-19-36(20-18-35)37-21-23-38(24-22-37)43(58)29-39(14-9-11-26-53)49(62)57-42(15-10-12-27-54)44(59)28-33(2)48(61)56-41(32-47(55)60)25-16-34(3)52-63-46-31-40-30-45(50(40,4)5)51(46,6)64-52/h17-24,33-34,39-42,45-46H,7-16,25-32,53-54H2,1-6H3,(H2,55,60)(H,56,61)(H,57,62)/t33-,34-,39-,40+,41-,42+,45+,46?,51+/m1/s1. The number of rotatable bonds is 28. The zero-order valence-corrected chi connectivity index (χ0v) is 39.6. The number of hydrogen-bond donors (Lipinski definition) is 5. The summed E-state index contributed by atoms with van der Waals surface area (Å²) in [7, 11) is -0.369. The molecule has 3 saturated carbocycles. The Hall–Kier alpha value is -3.91. The number of amides is 3. The third kappa shape index (κ3) is 13.1. The molecule has 6 rings (SSSR count). The lowest BCUT2D eigenvalue weighted by atomic mass is 9.43. The first kappa shape index (κ1) is 51.1. The Kier molecular flexibility index (Phi) is 18.8. The number of benzene rings is 2. The summed E-state index contributed by atoms with van der Waals surface area (Å²) < 4.78 is 13.2. The van der Waals surface area contributed by atoms with Crippen LogP contribution in [0.25, 0.3) is 11.1 Å². The van der Waals surface area contributed by atoms with Crippen molar-refractivity contribution in [3.8, 4) is 11.1 Å². The fraction of sp³-hybridized carbons (Fsp3) is 0.667. The van der Waals surface area contributed by atoms with Crippen LogP contribution >= 0.6 is 0 Å². The van der Waals surface area contributed by atoms with Gasteiger partial charge in [-0.3, -0.25) is 24.0 Å². The van der Waals surface area contributed by atoms with Crippen molar-refractivity contribution in [1.82, 2.24) is 10.6 Å². The molecule has 1 saturated heterocycles. The Morgan fingerprint density at radius 2 is 1.41 bits per heavy atom. The number of aryl methyl sites for hydroxylation is 1. The molecule has 1 unspecified atom stereocenters. The van der Waals surface area contributed by atoms with Crippen molar-refractivity contribution in [2.75, 3.05) is 13.1 Å². The predicted octanol–water partition coefficient (Wildman–Crippen LogP) is 7.48. The topological polar surface area (TPSA) is 206 Å². The molecule has 1 heterocycles. The van der Waals surface area contributed by atoms with E-state index in [-0.39, 0.29) is 72.7 Å². The zero-order chi connectivity index (χ0) is 46.6. The summed E-state index contributed by atoms with van der Waals surface area (Å²) in [4.78, 5) is 67.4. The highest BCUT2D eigenvalue weighted by Gasteiger charge is 2.68. The lowest BCUT2D eigenvalue weighted by molar-refractivity contribution is -0.199. The van der Waals surface area contributed by atoms with E-state index in [4.69, 9.17) is 26.5 Å². The van der Waals surface area contributed by atoms with Crippen LogP contribution in [0.15, 0.2) is 48.5 Å². The molecule has 3 amide bonds. The van der Waals surface area contributed by atoms with Crippen molar-refractivity contribution in [3.05, 3.63) is 59.7 Å². The molecule has 2 bridgehead atoms. The van der Waals surface area contributed by atoms with Crippen molar-refractivity contribution >= 4 is 36.4 Å². The van der Waals surface area contributed by atoms with Crippen LogP contribution in [-0.2, 0) is 34.9 Å². The summed E-state index contributed by atoms with van der Waals surface area (Å²) in [6, 6.07) is 14.6. The smallest absolute Gasteiger partial charge is 0.405 e. The van der Waals surface area contributed by atoms with E-state index in [1.165, 1.54) is 12.0 Å². The van der Waals surface area contributed by atoms with Gasteiger partial charge in [0.15, 0.2) is 11.6 Å². The van der Waals surface area contributed by atoms with Gasteiger partial charge in [-0.05, 0) is 124 Å². The van der Waals surface area contributed by atoms with Crippen molar-refractivity contribution in [2.45, 2.75) is 174 Å². The number of carbonyl (C=O) groups is 5. The van der Waals surface area contributed by atoms with Crippen LogP contribution in [0, 0.1) is 29.1 Å². The molecule has 2 aromatic carbocycles. The van der Waals surface area contributed by atoms with E-state index in [9.17, 15) is 24.0 Å². The van der Waals surface area contributed by atoms with E-state index < -0.39 is 29.8 Å². The van der Waals surface area contributed by atoms with Crippen molar-refractivity contribution in [2.24, 2.45) is 46.3 Å². The van der Waals surface area contributed by atoms with Crippen LogP contribution < -0.4 is 27.8 Å². The first-order valence-electron chi connectivity index (χ1n) is 24.4. The van der Waals surface area contributed by atoms with Crippen molar-refractivity contribution in [1.29, 1.82) is 0 Å². The van der Waals surface area contributed by atoms with E-state index in [1.807, 2.05) is 24.3 Å². The highest BCUT2D eigenvalue weighted by Crippen LogP contribution is 2.66. The number of ketones is 2. The molecular formula is C51H78BN5O7. The lowest BCUT2D eigenvalue weighted by Gasteiger charge is -2.64. The van der Waals surface area contributed by atoms with Crippen LogP contribution in [0.2, 0.25) is 5.82 Å². The average Bonchev–Trinajstić information content (AvgIpc) is 3.64. The Morgan fingerprint density at radius 3 is 2.02 bits per heavy atom. The van der Waals surface area contributed by atoms with Gasteiger partial charge >= 0.3 is 7.12 Å². The molecule has 1 aliphatic heterocycles. The fourth-order valence-corrected chi connectivity index (χ4v) is 10.5. The summed E-state index contributed by atoms with van der Waals surface area (Å²) in [5.41, 5.74) is 21.0. The molecule has 12 nitrogen and oxygen atoms in total. The van der Waals surface area contributed by atoms with Crippen LogP contribution in [0.5, 0.6) is 0 Å². The van der Waals surface area contributed by atoms with Crippen molar-refractivity contribution in [3.63, 3.8) is 0 Å². The summed E-state index contributed by atoms with van der Waals surface area (Å²) in [5, 5.41) is 5.97. The average molecular weight is 884 g/mol. The van der Waals surface area contributed by atoms with Gasteiger partial charge in [-0.15, -0.1) is 0 Å². The highest BCUT2D eigenvalue weighted by atomic mass is 16.7. The molecule has 4 fully saturated rings. The number of hydrogen-bond acceptors (Lipinski definition) is 9. The summed E-state index contributed by atoms with van der Waals surface area (Å²) >= 11 is 0. The number of primary amides is 1. The number of unbranched alkanes of at least 4 members (excludes halogenated alkanes) is 3. The number of Topliss-reactive ketones (excluding diaryl/α,β-unsaturated/α-hetero) is 2. The Balaban J connectivity index is 1.17. The Bertz CT molecular complexity index is 1870. The lowest BCUT2D eigenvalue weighted by Crippen LogP contribution is -2.65. The molecule has 9 atom stereocenters. The predicted molar refractivity (Wildman–Crippen MR) is 254 cm³/mol. The molecule has 0 spiro atoms. The van der Waals surface area contributed by atoms with Crippen LogP contribution in [0.3, 0.4) is 0 Å². The van der Waals surface area contributed by atoms with Gasteiger partial charge in [-0.2, -0.15) is 0 Å². The van der Waals surface area contributed by atoms with Gasteiger partial charge in [0, 0.05) is 42.7 Å². The highest BCUT2D eigenvalue weighted by molar-refractivity contribution is 6.47. The summed E-state index contributed by atoms with van der Waals surface area (Å²) in [6.07, 6.45) is 9.96. The number of carbonyl (C=O) groups excluding carboxylic acids is 5. The van der Waals surface area contributed by atoms with E-state index in [2.05, 4.69) is 69.5 Å². The number of nitrogens with two attached hydrogens (primary N) is 3. The monoisotopic (exact) mass is 884 g/mol. The third-order valence-electron chi connectivity index (χ3n) is 14.9. The van der Waals surface area contributed by atoms with E-state index >= 15 is 0 Å². The van der Waals surface area contributed by atoms with Gasteiger partial charge in [0.25, 0.3) is 0 Å². The quantitative estimate of drug-likeness (QED) is 0.0326. The molecule has 4 aliphatic rings. The van der Waals surface area contributed by atoms with Gasteiger partial charge in [0.2, 0.25) is 17.7 Å². The largest absolute Gasteiger partial charge is 0.460 e. The zero-order valence-electron chi connectivity index (χ0n) is 39.6. The normalized spacial score (nSPS) is 23.2. The molecular weight excluding hydrogens is 805 g/mol. The van der Waals surface area contributed by atoms with Crippen LogP contribution in [0.4, 0.5) is 0 Å². The van der Waals surface area contributed by atoms with E-state index in [1.54, 1.807) is 6.92 Å². The second kappa shape index (κ2) is 23.5. The molecule has 0 aromatic heterocycles. The molecule has 13 heteroatoms. The molecule has 352 valence electrons. The minimum absolute atomic E-state index is 0.0116. The first-order chi connectivity index (χ1) is 30.5. The van der Waals surface area contributed by atoms with Crippen LogP contribution in [0.1, 0.15) is 154 Å². The maximum absolute atomic E-state index is 14.0. The van der Waals surface area contributed by atoms with Crippen molar-refractivity contribution < 1.29 is 33.3 Å². The maximum atomic E-state index is 14.0. The molecule has 8 N–H and O–H groups in total. The van der Waals surface area contributed by atoms with Gasteiger partial charge in [0.05, 0.1) is 17.7 Å². The fourth-order valence-electron chi connectivity index (χ4n) is 10.5. The summed E-state index contributed by atoms with van der Waals surface area (Å²) in [5.74, 6) is -1.98. The molecule has 2 aromatic rings. The van der Waals surface area contributed by atoms with Gasteiger partial charge in [-0.1, -0.05) is 102 Å². The van der Waals surface area contributed by atoms with Gasteiger partial charge < -0.3 is 37.1 Å². The Labute approximate surface area is 383 Å². The minimum Gasteiger partial charge on any atom is -0.405 e.